The number of halogens is 1. The molecule has 0 atom stereocenters. The van der Waals surface area contributed by atoms with Gasteiger partial charge in [-0.25, -0.2) is 4.39 Å². The van der Waals surface area contributed by atoms with Gasteiger partial charge in [-0.2, -0.15) is 5.10 Å². The highest BCUT2D eigenvalue weighted by Gasteiger charge is 2.23. The number of nitrogens with zero attached hydrogens (tertiary/aromatic N) is 2. The monoisotopic (exact) mass is 289 g/mol. The first kappa shape index (κ1) is 15.7. The molecule has 0 saturated carbocycles. The van der Waals surface area contributed by atoms with Crippen LogP contribution < -0.4 is 5.32 Å². The maximum Gasteiger partial charge on any atom is 0.128 e. The fraction of sp³-hybridized carbons (Fsp3) is 0.471. The first-order valence-electron chi connectivity index (χ1n) is 7.36. The molecule has 1 aromatic carbocycles. The molecule has 1 aromatic heterocycles. The van der Waals surface area contributed by atoms with Crippen molar-refractivity contribution in [3.8, 4) is 11.1 Å². The summed E-state index contributed by atoms with van der Waals surface area (Å²) in [5.41, 5.74) is 3.49. The molecular formula is C17H24FN3. The lowest BCUT2D eigenvalue weighted by molar-refractivity contribution is 0.554. The van der Waals surface area contributed by atoms with E-state index < -0.39 is 0 Å². The molecule has 2 aromatic rings. The van der Waals surface area contributed by atoms with Gasteiger partial charge in [0.15, 0.2) is 0 Å². The largest absolute Gasteiger partial charge is 0.313 e. The molecule has 0 aliphatic heterocycles. The lowest BCUT2D eigenvalue weighted by Gasteiger charge is -2.17. The van der Waals surface area contributed by atoms with Crippen LogP contribution in [0.15, 0.2) is 24.4 Å². The Kier molecular flexibility index (Phi) is 4.47. The van der Waals surface area contributed by atoms with E-state index in [9.17, 15) is 4.39 Å². The minimum Gasteiger partial charge on any atom is -0.313 e. The lowest BCUT2D eigenvalue weighted by Crippen LogP contribution is -2.14. The van der Waals surface area contributed by atoms with E-state index in [2.05, 4.69) is 31.2 Å². The van der Waals surface area contributed by atoms with Crippen LogP contribution in [0.25, 0.3) is 11.1 Å². The van der Waals surface area contributed by atoms with Crippen LogP contribution in [-0.4, -0.2) is 16.3 Å². The number of hydrogen-bond donors (Lipinski definition) is 1. The summed E-state index contributed by atoms with van der Waals surface area (Å²) < 4.78 is 16.0. The van der Waals surface area contributed by atoms with Gasteiger partial charge in [0.25, 0.3) is 0 Å². The lowest BCUT2D eigenvalue weighted by atomic mass is 9.87. The summed E-state index contributed by atoms with van der Waals surface area (Å²) in [7, 11) is 1.90. The number of aromatic nitrogens is 2. The van der Waals surface area contributed by atoms with E-state index in [1.54, 1.807) is 10.7 Å². The van der Waals surface area contributed by atoms with Crippen LogP contribution in [0.5, 0.6) is 0 Å². The fourth-order valence-corrected chi connectivity index (χ4v) is 2.37. The van der Waals surface area contributed by atoms with E-state index in [1.165, 1.54) is 0 Å². The predicted molar refractivity (Wildman–Crippen MR) is 84.7 cm³/mol. The van der Waals surface area contributed by atoms with Gasteiger partial charge in [0.1, 0.15) is 5.82 Å². The van der Waals surface area contributed by atoms with Gasteiger partial charge >= 0.3 is 0 Å². The second-order valence-electron chi connectivity index (χ2n) is 6.40. The number of hydrogen-bond acceptors (Lipinski definition) is 2. The van der Waals surface area contributed by atoms with Crippen molar-refractivity contribution < 1.29 is 4.39 Å². The Morgan fingerprint density at radius 2 is 2.00 bits per heavy atom. The van der Waals surface area contributed by atoms with Gasteiger partial charge in [-0.1, -0.05) is 39.8 Å². The second kappa shape index (κ2) is 5.98. The summed E-state index contributed by atoms with van der Waals surface area (Å²) in [4.78, 5) is 0. The van der Waals surface area contributed by atoms with Crippen molar-refractivity contribution in [2.45, 2.75) is 39.7 Å². The molecule has 0 fully saturated rings. The number of rotatable bonds is 4. The molecule has 21 heavy (non-hydrogen) atoms. The minimum absolute atomic E-state index is 0.0739. The fourth-order valence-electron chi connectivity index (χ4n) is 2.37. The van der Waals surface area contributed by atoms with Crippen LogP contribution in [0.2, 0.25) is 0 Å². The Bertz CT molecular complexity index is 623. The van der Waals surface area contributed by atoms with Gasteiger partial charge in [-0.05, 0) is 18.2 Å². The summed E-state index contributed by atoms with van der Waals surface area (Å²) in [5.74, 6) is -0.169. The average Bonchev–Trinajstić information content (AvgIpc) is 2.79. The number of benzene rings is 1. The van der Waals surface area contributed by atoms with E-state index in [-0.39, 0.29) is 11.2 Å². The van der Waals surface area contributed by atoms with E-state index in [1.807, 2.05) is 32.3 Å². The average molecular weight is 289 g/mol. The SMILES string of the molecule is CCNCc1ccc(-c2cn(C)nc2C(C)(C)C)cc1F. The summed E-state index contributed by atoms with van der Waals surface area (Å²) in [6.45, 7) is 9.76. The molecule has 2 rings (SSSR count). The van der Waals surface area contributed by atoms with Gasteiger partial charge in [0.05, 0.1) is 5.69 Å². The Labute approximate surface area is 126 Å². The van der Waals surface area contributed by atoms with Crippen molar-refractivity contribution in [3.63, 3.8) is 0 Å². The summed E-state index contributed by atoms with van der Waals surface area (Å²) in [6, 6.07) is 5.44. The summed E-state index contributed by atoms with van der Waals surface area (Å²) in [5, 5.41) is 7.69. The molecule has 0 spiro atoms. The van der Waals surface area contributed by atoms with Gasteiger partial charge in [0.2, 0.25) is 0 Å². The highest BCUT2D eigenvalue weighted by molar-refractivity contribution is 5.67. The van der Waals surface area contributed by atoms with Crippen LogP contribution in [0.3, 0.4) is 0 Å². The van der Waals surface area contributed by atoms with E-state index >= 15 is 0 Å². The Morgan fingerprint density at radius 3 is 2.57 bits per heavy atom. The summed E-state index contributed by atoms with van der Waals surface area (Å²) in [6.07, 6.45) is 1.96. The normalized spacial score (nSPS) is 11.9. The predicted octanol–water partition coefficient (Wildman–Crippen LogP) is 3.63. The van der Waals surface area contributed by atoms with Crippen LogP contribution in [-0.2, 0) is 19.0 Å². The molecule has 1 heterocycles. The molecular weight excluding hydrogens is 265 g/mol. The molecule has 0 saturated heterocycles. The number of aryl methyl sites for hydroxylation is 1. The van der Waals surface area contributed by atoms with Crippen molar-refractivity contribution >= 4 is 0 Å². The van der Waals surface area contributed by atoms with Crippen LogP contribution in [0.1, 0.15) is 39.0 Å². The van der Waals surface area contributed by atoms with Gasteiger partial charge in [0, 0.05) is 36.3 Å². The molecule has 0 aliphatic carbocycles. The zero-order valence-corrected chi connectivity index (χ0v) is 13.5. The first-order valence-corrected chi connectivity index (χ1v) is 7.36. The van der Waals surface area contributed by atoms with Crippen LogP contribution in [0, 0.1) is 5.82 Å². The third-order valence-corrected chi connectivity index (χ3v) is 3.47. The quantitative estimate of drug-likeness (QED) is 0.931. The Hall–Kier alpha value is -1.68. The van der Waals surface area contributed by atoms with E-state index in [4.69, 9.17) is 0 Å². The van der Waals surface area contributed by atoms with Crippen molar-refractivity contribution in [2.24, 2.45) is 7.05 Å². The van der Waals surface area contributed by atoms with Gasteiger partial charge < -0.3 is 5.32 Å². The minimum atomic E-state index is -0.169. The standard InChI is InChI=1S/C17H24FN3/c1-6-19-10-13-8-7-12(9-15(13)18)14-11-21(5)20-16(14)17(2,3)4/h7-9,11,19H,6,10H2,1-5H3. The molecule has 0 aliphatic rings. The smallest absolute Gasteiger partial charge is 0.128 e. The maximum absolute atomic E-state index is 14.2. The zero-order valence-electron chi connectivity index (χ0n) is 13.5. The van der Waals surface area contributed by atoms with E-state index in [0.29, 0.717) is 12.1 Å². The molecule has 0 bridgehead atoms. The molecule has 114 valence electrons. The van der Waals surface area contributed by atoms with Gasteiger partial charge in [-0.3, -0.25) is 4.68 Å². The van der Waals surface area contributed by atoms with Crippen molar-refractivity contribution in [1.29, 1.82) is 0 Å². The van der Waals surface area contributed by atoms with Crippen LogP contribution >= 0.6 is 0 Å². The highest BCUT2D eigenvalue weighted by atomic mass is 19.1. The first-order chi connectivity index (χ1) is 9.82. The van der Waals surface area contributed by atoms with Crippen molar-refractivity contribution in [3.05, 3.63) is 41.5 Å². The third kappa shape index (κ3) is 3.50. The molecule has 0 amide bonds. The molecule has 0 unspecified atom stereocenters. The Morgan fingerprint density at radius 1 is 1.29 bits per heavy atom. The molecule has 0 radical (unpaired) electrons. The molecule has 4 heteroatoms. The van der Waals surface area contributed by atoms with Crippen LogP contribution in [0.4, 0.5) is 4.39 Å². The Balaban J connectivity index is 2.41. The van der Waals surface area contributed by atoms with Gasteiger partial charge in [-0.15, -0.1) is 0 Å². The second-order valence-corrected chi connectivity index (χ2v) is 6.40. The summed E-state index contributed by atoms with van der Waals surface area (Å²) >= 11 is 0. The molecule has 3 nitrogen and oxygen atoms in total. The van der Waals surface area contributed by atoms with E-state index in [0.717, 1.165) is 23.4 Å². The zero-order chi connectivity index (χ0) is 15.6. The highest BCUT2D eigenvalue weighted by Crippen LogP contribution is 2.32. The third-order valence-electron chi connectivity index (χ3n) is 3.47. The maximum atomic E-state index is 14.2. The molecule has 1 N–H and O–H groups in total. The number of nitrogens with one attached hydrogen (secondary N) is 1. The van der Waals surface area contributed by atoms with Crippen molar-refractivity contribution in [2.75, 3.05) is 6.54 Å². The topological polar surface area (TPSA) is 29.9 Å². The van der Waals surface area contributed by atoms with Crippen molar-refractivity contribution in [1.82, 2.24) is 15.1 Å².